The Morgan fingerprint density at radius 1 is 0.457 bits per heavy atom. The van der Waals surface area contributed by atoms with Crippen molar-refractivity contribution in [2.75, 3.05) is 6.16 Å². The molecular formula is C33H44ClP. The van der Waals surface area contributed by atoms with Gasteiger partial charge in [0.15, 0.2) is 0 Å². The van der Waals surface area contributed by atoms with Crippen LogP contribution in [0.4, 0.5) is 0 Å². The Bertz CT molecular complexity index is 793. The van der Waals surface area contributed by atoms with Crippen LogP contribution in [0.25, 0.3) is 0 Å². The molecule has 0 heterocycles. The lowest BCUT2D eigenvalue weighted by Gasteiger charge is -2.35. The van der Waals surface area contributed by atoms with Crippen LogP contribution in [-0.4, -0.2) is 6.16 Å². The van der Waals surface area contributed by atoms with E-state index in [9.17, 15) is 0 Å². The first kappa shape index (κ1) is 28.0. The molecule has 35 heavy (non-hydrogen) atoms. The molecule has 0 aliphatic heterocycles. The fourth-order valence-corrected chi connectivity index (χ4v) is 6.25. The summed E-state index contributed by atoms with van der Waals surface area (Å²) >= 11 is 5.81. The van der Waals surface area contributed by atoms with Crippen LogP contribution < -0.4 is 0 Å². The highest BCUT2D eigenvalue weighted by atomic mass is 35.7. The van der Waals surface area contributed by atoms with Crippen LogP contribution in [0.15, 0.2) is 91.0 Å². The number of hydrogen-bond donors (Lipinski definition) is 0. The van der Waals surface area contributed by atoms with Gasteiger partial charge in [0.2, 0.25) is 0 Å². The van der Waals surface area contributed by atoms with Crippen molar-refractivity contribution in [1.82, 2.24) is 0 Å². The molecule has 0 fully saturated rings. The van der Waals surface area contributed by atoms with E-state index in [1.165, 1.54) is 87.1 Å². The maximum absolute atomic E-state index is 5.81. The van der Waals surface area contributed by atoms with E-state index >= 15 is 0 Å². The average molecular weight is 507 g/mol. The van der Waals surface area contributed by atoms with Crippen molar-refractivity contribution >= 4 is 19.2 Å². The highest BCUT2D eigenvalue weighted by Crippen LogP contribution is 2.37. The SMILES string of the molecule is ClPCCCCCCCCCCCC(Cc1ccccc1)(Cc1ccccc1)Cc1ccccc1. The van der Waals surface area contributed by atoms with E-state index in [1.807, 2.05) is 0 Å². The zero-order chi connectivity index (χ0) is 24.4. The van der Waals surface area contributed by atoms with Crippen molar-refractivity contribution in [2.24, 2.45) is 5.41 Å². The highest BCUT2D eigenvalue weighted by molar-refractivity contribution is 7.68. The molecule has 0 saturated heterocycles. The summed E-state index contributed by atoms with van der Waals surface area (Å²) in [4.78, 5) is 0. The lowest BCUT2D eigenvalue weighted by molar-refractivity contribution is 0.243. The average Bonchev–Trinajstić information content (AvgIpc) is 2.89. The Morgan fingerprint density at radius 3 is 1.17 bits per heavy atom. The smallest absolute Gasteiger partial charge is 0.0176 e. The molecule has 0 aliphatic carbocycles. The third kappa shape index (κ3) is 11.3. The Labute approximate surface area is 221 Å². The van der Waals surface area contributed by atoms with Crippen LogP contribution in [-0.2, 0) is 19.3 Å². The molecule has 0 aromatic heterocycles. The van der Waals surface area contributed by atoms with Crippen LogP contribution in [0.1, 0.15) is 80.9 Å². The molecule has 0 N–H and O–H groups in total. The first-order valence-electron chi connectivity index (χ1n) is 13.7. The molecule has 0 nitrogen and oxygen atoms in total. The summed E-state index contributed by atoms with van der Waals surface area (Å²) in [5.41, 5.74) is 4.64. The monoisotopic (exact) mass is 506 g/mol. The molecule has 0 spiro atoms. The molecule has 3 aromatic rings. The summed E-state index contributed by atoms with van der Waals surface area (Å²) in [6.07, 6.45) is 18.2. The van der Waals surface area contributed by atoms with Gasteiger partial charge in [-0.3, -0.25) is 0 Å². The van der Waals surface area contributed by atoms with Gasteiger partial charge in [-0.15, -0.1) is 11.2 Å². The number of hydrogen-bond acceptors (Lipinski definition) is 0. The van der Waals surface area contributed by atoms with Crippen molar-refractivity contribution in [3.8, 4) is 0 Å². The quantitative estimate of drug-likeness (QED) is 0.119. The van der Waals surface area contributed by atoms with Gasteiger partial charge in [0.05, 0.1) is 0 Å². The van der Waals surface area contributed by atoms with Crippen LogP contribution in [0, 0.1) is 5.41 Å². The number of rotatable bonds is 18. The van der Waals surface area contributed by atoms with Gasteiger partial charge in [0.1, 0.15) is 0 Å². The van der Waals surface area contributed by atoms with E-state index in [-0.39, 0.29) is 5.41 Å². The van der Waals surface area contributed by atoms with Gasteiger partial charge in [0, 0.05) is 0 Å². The molecule has 0 radical (unpaired) electrons. The molecule has 3 aromatic carbocycles. The minimum absolute atomic E-state index is 0.243. The van der Waals surface area contributed by atoms with Crippen LogP contribution in [0.5, 0.6) is 0 Å². The number of benzene rings is 3. The van der Waals surface area contributed by atoms with Crippen molar-refractivity contribution in [2.45, 2.75) is 83.5 Å². The topological polar surface area (TPSA) is 0 Å². The second-order valence-electron chi connectivity index (χ2n) is 10.3. The van der Waals surface area contributed by atoms with E-state index in [0.717, 1.165) is 19.3 Å². The Kier molecular flexibility index (Phi) is 13.5. The lowest BCUT2D eigenvalue weighted by atomic mass is 9.69. The largest absolute Gasteiger partial charge is 0.100 e. The Balaban J connectivity index is 1.60. The molecule has 0 saturated carbocycles. The molecule has 1 atom stereocenters. The molecular weight excluding hydrogens is 463 g/mol. The summed E-state index contributed by atoms with van der Waals surface area (Å²) in [6.45, 7) is 0. The predicted molar refractivity (Wildman–Crippen MR) is 158 cm³/mol. The highest BCUT2D eigenvalue weighted by Gasteiger charge is 2.30. The number of unbranched alkanes of at least 4 members (excludes halogenated alkanes) is 8. The van der Waals surface area contributed by atoms with Crippen molar-refractivity contribution in [3.05, 3.63) is 108 Å². The van der Waals surface area contributed by atoms with Gasteiger partial charge in [-0.2, -0.15) is 0 Å². The van der Waals surface area contributed by atoms with Crippen LogP contribution in [0.3, 0.4) is 0 Å². The van der Waals surface area contributed by atoms with Gasteiger partial charge in [-0.1, -0.05) is 142 Å². The third-order valence-electron chi connectivity index (χ3n) is 7.24. The van der Waals surface area contributed by atoms with Crippen LogP contribution >= 0.6 is 19.2 Å². The molecule has 3 rings (SSSR count). The zero-order valence-electron chi connectivity index (χ0n) is 21.4. The maximum Gasteiger partial charge on any atom is -0.0176 e. The summed E-state index contributed by atoms with van der Waals surface area (Å²) in [5.74, 6) is 0. The molecule has 0 bridgehead atoms. The van der Waals surface area contributed by atoms with Crippen molar-refractivity contribution in [3.63, 3.8) is 0 Å². The molecule has 2 heteroatoms. The fraction of sp³-hybridized carbons (Fsp3) is 0.455. The van der Waals surface area contributed by atoms with E-state index in [2.05, 4.69) is 91.0 Å². The van der Waals surface area contributed by atoms with Gasteiger partial charge >= 0.3 is 0 Å². The standard InChI is InChI=1S/C33H44ClP/c34-35-26-18-7-5-3-1-2-4-6-17-25-33(27-30-19-11-8-12-20-30,28-31-21-13-9-14-22-31)29-32-23-15-10-16-24-32/h8-16,19-24,35H,1-7,17-18,25-29H2. The van der Waals surface area contributed by atoms with E-state index in [0.29, 0.717) is 7.93 Å². The zero-order valence-corrected chi connectivity index (χ0v) is 23.2. The van der Waals surface area contributed by atoms with Gasteiger partial charge < -0.3 is 0 Å². The fourth-order valence-electron chi connectivity index (χ4n) is 5.47. The van der Waals surface area contributed by atoms with E-state index < -0.39 is 0 Å². The Hall–Kier alpha value is -1.62. The summed E-state index contributed by atoms with van der Waals surface area (Å²) < 4.78 is 0. The minimum Gasteiger partial charge on any atom is -0.100 e. The van der Waals surface area contributed by atoms with Crippen LogP contribution in [0.2, 0.25) is 0 Å². The third-order valence-corrected chi connectivity index (χ3v) is 8.35. The molecule has 1 unspecified atom stereocenters. The van der Waals surface area contributed by atoms with Gasteiger partial charge in [-0.25, -0.2) is 0 Å². The lowest BCUT2D eigenvalue weighted by Crippen LogP contribution is -2.30. The Morgan fingerprint density at radius 2 is 0.800 bits per heavy atom. The molecule has 0 aliphatic rings. The second-order valence-corrected chi connectivity index (χ2v) is 11.9. The van der Waals surface area contributed by atoms with Crippen molar-refractivity contribution < 1.29 is 0 Å². The first-order valence-corrected chi connectivity index (χ1v) is 16.0. The summed E-state index contributed by atoms with van der Waals surface area (Å²) in [5, 5.41) is 0. The summed E-state index contributed by atoms with van der Waals surface area (Å²) in [7, 11) is 0.608. The minimum atomic E-state index is 0.243. The van der Waals surface area contributed by atoms with Gasteiger partial charge in [0.25, 0.3) is 0 Å². The molecule has 0 amide bonds. The normalized spacial score (nSPS) is 11.9. The van der Waals surface area contributed by atoms with Crippen molar-refractivity contribution in [1.29, 1.82) is 0 Å². The first-order chi connectivity index (χ1) is 17.3. The maximum atomic E-state index is 5.81. The second kappa shape index (κ2) is 16.9. The predicted octanol–water partition coefficient (Wildman–Crippen LogP) is 10.4. The van der Waals surface area contributed by atoms with E-state index in [1.54, 1.807) is 0 Å². The number of halogens is 1. The van der Waals surface area contributed by atoms with Gasteiger partial charge in [-0.05, 0) is 68.3 Å². The van der Waals surface area contributed by atoms with E-state index in [4.69, 9.17) is 11.2 Å². The summed E-state index contributed by atoms with van der Waals surface area (Å²) in [6, 6.07) is 33.5. The molecule has 188 valence electrons.